The van der Waals surface area contributed by atoms with Gasteiger partial charge in [-0.1, -0.05) is 38.0 Å². The highest BCUT2D eigenvalue weighted by Gasteiger charge is 2.22. The second-order valence-corrected chi connectivity index (χ2v) is 5.99. The molecular weight excluding hydrogens is 288 g/mol. The average Bonchev–Trinajstić information content (AvgIpc) is 3.22. The SMILES string of the molecule is CCc1nn(C2CCCC2)c2nc(Oc3ccccc3)ncc12. The highest BCUT2D eigenvalue weighted by atomic mass is 16.5. The largest absolute Gasteiger partial charge is 0.424 e. The van der Waals surface area contributed by atoms with E-state index < -0.39 is 0 Å². The molecule has 2 heterocycles. The van der Waals surface area contributed by atoms with E-state index in [1.807, 2.05) is 36.5 Å². The van der Waals surface area contributed by atoms with Gasteiger partial charge in [-0.3, -0.25) is 0 Å². The molecule has 1 fully saturated rings. The lowest BCUT2D eigenvalue weighted by Crippen LogP contribution is -2.08. The molecule has 0 atom stereocenters. The van der Waals surface area contributed by atoms with Gasteiger partial charge >= 0.3 is 6.01 Å². The van der Waals surface area contributed by atoms with Crippen LogP contribution in [0.5, 0.6) is 11.8 Å². The van der Waals surface area contributed by atoms with Gasteiger partial charge in [0.05, 0.1) is 17.1 Å². The number of hydrogen-bond donors (Lipinski definition) is 0. The van der Waals surface area contributed by atoms with Gasteiger partial charge in [0.1, 0.15) is 5.75 Å². The van der Waals surface area contributed by atoms with Crippen molar-refractivity contribution in [3.63, 3.8) is 0 Å². The van der Waals surface area contributed by atoms with Gasteiger partial charge in [0.2, 0.25) is 0 Å². The van der Waals surface area contributed by atoms with Gasteiger partial charge in [-0.15, -0.1) is 0 Å². The molecule has 0 N–H and O–H groups in total. The van der Waals surface area contributed by atoms with E-state index in [0.29, 0.717) is 12.1 Å². The monoisotopic (exact) mass is 308 g/mol. The first kappa shape index (κ1) is 14.2. The smallest absolute Gasteiger partial charge is 0.323 e. The Labute approximate surface area is 135 Å². The number of ether oxygens (including phenoxy) is 1. The highest BCUT2D eigenvalue weighted by molar-refractivity contribution is 5.77. The summed E-state index contributed by atoms with van der Waals surface area (Å²) in [6.07, 6.45) is 7.63. The molecule has 0 amide bonds. The summed E-state index contributed by atoms with van der Waals surface area (Å²) in [5.41, 5.74) is 1.97. The number of aryl methyl sites for hydroxylation is 1. The maximum absolute atomic E-state index is 5.78. The first-order valence-electron chi connectivity index (χ1n) is 8.32. The van der Waals surface area contributed by atoms with E-state index in [1.54, 1.807) is 0 Å². The van der Waals surface area contributed by atoms with Gasteiger partial charge in [0.25, 0.3) is 0 Å². The number of fused-ring (bicyclic) bond motifs is 1. The van der Waals surface area contributed by atoms with Crippen LogP contribution < -0.4 is 4.74 Å². The van der Waals surface area contributed by atoms with Gasteiger partial charge in [-0.05, 0) is 31.4 Å². The minimum absolute atomic E-state index is 0.380. The number of aromatic nitrogens is 4. The van der Waals surface area contributed by atoms with Crippen molar-refractivity contribution in [3.05, 3.63) is 42.2 Å². The van der Waals surface area contributed by atoms with Crippen LogP contribution in [0.3, 0.4) is 0 Å². The Bertz CT molecular complexity index is 807. The summed E-state index contributed by atoms with van der Waals surface area (Å²) < 4.78 is 7.88. The summed E-state index contributed by atoms with van der Waals surface area (Å²) in [6, 6.07) is 10.5. The van der Waals surface area contributed by atoms with E-state index in [2.05, 4.69) is 21.6 Å². The van der Waals surface area contributed by atoms with Crippen LogP contribution in [0.2, 0.25) is 0 Å². The molecule has 1 aliphatic carbocycles. The third-order valence-corrected chi connectivity index (χ3v) is 4.46. The lowest BCUT2D eigenvalue weighted by Gasteiger charge is -2.10. The van der Waals surface area contributed by atoms with E-state index in [0.717, 1.165) is 28.9 Å². The Morgan fingerprint density at radius 3 is 2.70 bits per heavy atom. The Hall–Kier alpha value is -2.43. The standard InChI is InChI=1S/C18H20N4O/c1-2-16-15-12-19-18(23-14-10-4-3-5-11-14)20-17(15)22(21-16)13-8-6-7-9-13/h3-5,10-13H,2,6-9H2,1H3. The Kier molecular flexibility index (Phi) is 3.69. The van der Waals surface area contributed by atoms with E-state index in [9.17, 15) is 0 Å². The molecule has 4 rings (SSSR count). The molecule has 0 radical (unpaired) electrons. The molecule has 0 spiro atoms. The van der Waals surface area contributed by atoms with Gasteiger partial charge in [0.15, 0.2) is 5.65 Å². The van der Waals surface area contributed by atoms with E-state index in [-0.39, 0.29) is 0 Å². The minimum Gasteiger partial charge on any atom is -0.424 e. The quantitative estimate of drug-likeness (QED) is 0.721. The van der Waals surface area contributed by atoms with Gasteiger partial charge < -0.3 is 4.74 Å². The average molecular weight is 308 g/mol. The number of benzene rings is 1. The molecule has 1 aliphatic rings. The predicted molar refractivity (Wildman–Crippen MR) is 88.7 cm³/mol. The van der Waals surface area contributed by atoms with Crippen molar-refractivity contribution in [2.45, 2.75) is 45.1 Å². The molecule has 23 heavy (non-hydrogen) atoms. The second-order valence-electron chi connectivity index (χ2n) is 5.99. The van der Waals surface area contributed by atoms with Crippen LogP contribution in [0, 0.1) is 0 Å². The van der Waals surface area contributed by atoms with Gasteiger partial charge in [-0.2, -0.15) is 10.1 Å². The number of nitrogens with zero attached hydrogens (tertiary/aromatic N) is 4. The topological polar surface area (TPSA) is 52.8 Å². The summed E-state index contributed by atoms with van der Waals surface area (Å²) in [4.78, 5) is 9.01. The fourth-order valence-corrected chi connectivity index (χ4v) is 3.27. The molecule has 0 bridgehead atoms. The number of para-hydroxylation sites is 1. The number of rotatable bonds is 4. The molecule has 2 aromatic heterocycles. The fourth-order valence-electron chi connectivity index (χ4n) is 3.27. The highest BCUT2D eigenvalue weighted by Crippen LogP contribution is 2.32. The van der Waals surface area contributed by atoms with Crippen molar-refractivity contribution in [2.75, 3.05) is 0 Å². The van der Waals surface area contributed by atoms with Crippen LogP contribution in [0.1, 0.15) is 44.3 Å². The zero-order chi connectivity index (χ0) is 15.6. The van der Waals surface area contributed by atoms with Crippen molar-refractivity contribution < 1.29 is 4.74 Å². The molecule has 0 saturated heterocycles. The lowest BCUT2D eigenvalue weighted by molar-refractivity contribution is 0.437. The third-order valence-electron chi connectivity index (χ3n) is 4.46. The fraction of sp³-hybridized carbons (Fsp3) is 0.389. The van der Waals surface area contributed by atoms with E-state index in [1.165, 1.54) is 25.7 Å². The van der Waals surface area contributed by atoms with E-state index in [4.69, 9.17) is 9.84 Å². The summed E-state index contributed by atoms with van der Waals surface area (Å²) >= 11 is 0. The van der Waals surface area contributed by atoms with Gasteiger partial charge in [-0.25, -0.2) is 9.67 Å². The molecular formula is C18H20N4O. The predicted octanol–water partition coefficient (Wildman–Crippen LogP) is 4.30. The van der Waals surface area contributed by atoms with Crippen molar-refractivity contribution in [1.82, 2.24) is 19.7 Å². The summed E-state index contributed by atoms with van der Waals surface area (Å²) in [5.74, 6) is 0.745. The van der Waals surface area contributed by atoms with Crippen molar-refractivity contribution in [3.8, 4) is 11.8 Å². The van der Waals surface area contributed by atoms with Crippen LogP contribution in [-0.4, -0.2) is 19.7 Å². The number of hydrogen-bond acceptors (Lipinski definition) is 4. The Balaban J connectivity index is 1.75. The Morgan fingerprint density at radius 1 is 1.17 bits per heavy atom. The van der Waals surface area contributed by atoms with Gasteiger partial charge in [0, 0.05) is 6.20 Å². The summed E-state index contributed by atoms with van der Waals surface area (Å²) in [6.45, 7) is 2.12. The van der Waals surface area contributed by atoms with Crippen LogP contribution in [0.25, 0.3) is 11.0 Å². The molecule has 1 aromatic carbocycles. The van der Waals surface area contributed by atoms with E-state index >= 15 is 0 Å². The zero-order valence-electron chi connectivity index (χ0n) is 13.3. The van der Waals surface area contributed by atoms with Crippen LogP contribution in [0.15, 0.2) is 36.5 Å². The molecule has 0 unspecified atom stereocenters. The normalized spacial score (nSPS) is 15.3. The molecule has 1 saturated carbocycles. The first-order chi connectivity index (χ1) is 11.3. The van der Waals surface area contributed by atoms with Crippen molar-refractivity contribution in [1.29, 1.82) is 0 Å². The van der Waals surface area contributed by atoms with Crippen LogP contribution in [-0.2, 0) is 6.42 Å². The van der Waals surface area contributed by atoms with Crippen LogP contribution >= 0.6 is 0 Å². The van der Waals surface area contributed by atoms with Crippen molar-refractivity contribution in [2.24, 2.45) is 0 Å². The molecule has 5 heteroatoms. The second kappa shape index (κ2) is 5.99. The summed E-state index contributed by atoms with van der Waals surface area (Å²) in [7, 11) is 0. The molecule has 118 valence electrons. The first-order valence-corrected chi connectivity index (χ1v) is 8.32. The molecule has 5 nitrogen and oxygen atoms in total. The Morgan fingerprint density at radius 2 is 1.96 bits per heavy atom. The summed E-state index contributed by atoms with van der Waals surface area (Å²) in [5, 5.41) is 5.84. The minimum atomic E-state index is 0.380. The lowest BCUT2D eigenvalue weighted by atomic mass is 10.2. The van der Waals surface area contributed by atoms with Crippen molar-refractivity contribution >= 4 is 11.0 Å². The zero-order valence-corrected chi connectivity index (χ0v) is 13.3. The third kappa shape index (κ3) is 2.67. The molecule has 0 aliphatic heterocycles. The van der Waals surface area contributed by atoms with Crippen LogP contribution in [0.4, 0.5) is 0 Å². The maximum Gasteiger partial charge on any atom is 0.323 e. The maximum atomic E-state index is 5.78. The molecule has 3 aromatic rings.